The Balaban J connectivity index is 2.08. The average molecular weight is 416 g/mol. The summed E-state index contributed by atoms with van der Waals surface area (Å²) in [5.41, 5.74) is 0.431. The SMILES string of the molecule is C=CCNC(=O)[C@H](NC(=O)c1cccc(OC)c1)C1CCN(C(=O)CC(C)C)CC1. The predicted molar refractivity (Wildman–Crippen MR) is 116 cm³/mol. The van der Waals surface area contributed by atoms with Gasteiger partial charge >= 0.3 is 0 Å². The fraction of sp³-hybridized carbons (Fsp3) is 0.522. The molecule has 2 N–H and O–H groups in total. The van der Waals surface area contributed by atoms with E-state index in [1.165, 1.54) is 7.11 Å². The van der Waals surface area contributed by atoms with Crippen LogP contribution >= 0.6 is 0 Å². The van der Waals surface area contributed by atoms with Crippen molar-refractivity contribution in [3.8, 4) is 5.75 Å². The van der Waals surface area contributed by atoms with Crippen molar-refractivity contribution in [2.24, 2.45) is 11.8 Å². The van der Waals surface area contributed by atoms with E-state index in [2.05, 4.69) is 17.2 Å². The van der Waals surface area contributed by atoms with E-state index >= 15 is 0 Å². The van der Waals surface area contributed by atoms with Gasteiger partial charge in [-0.25, -0.2) is 0 Å². The highest BCUT2D eigenvalue weighted by Crippen LogP contribution is 2.23. The molecule has 0 spiro atoms. The summed E-state index contributed by atoms with van der Waals surface area (Å²) in [4.78, 5) is 39.8. The standard InChI is InChI=1S/C23H33N3O4/c1-5-11-24-23(29)21(25-22(28)18-7-6-8-19(15-18)30-4)17-9-12-26(13-10-17)20(27)14-16(2)3/h5-8,15-17,21H,1,9-14H2,2-4H3,(H,24,29)(H,25,28)/t21-/m1/s1. The highest BCUT2D eigenvalue weighted by atomic mass is 16.5. The lowest BCUT2D eigenvalue weighted by Gasteiger charge is -2.36. The molecule has 0 aromatic heterocycles. The molecule has 0 radical (unpaired) electrons. The molecular weight excluding hydrogens is 382 g/mol. The van der Waals surface area contributed by atoms with Crippen LogP contribution in [-0.4, -0.2) is 55.4 Å². The van der Waals surface area contributed by atoms with Crippen molar-refractivity contribution in [3.05, 3.63) is 42.5 Å². The van der Waals surface area contributed by atoms with E-state index in [0.29, 0.717) is 56.1 Å². The van der Waals surface area contributed by atoms with Crippen LogP contribution in [0, 0.1) is 11.8 Å². The summed E-state index contributed by atoms with van der Waals surface area (Å²) >= 11 is 0. The first kappa shape index (κ1) is 23.4. The van der Waals surface area contributed by atoms with Crippen molar-refractivity contribution in [3.63, 3.8) is 0 Å². The van der Waals surface area contributed by atoms with Gasteiger partial charge < -0.3 is 20.3 Å². The molecule has 1 aliphatic heterocycles. The maximum atomic E-state index is 12.8. The number of carbonyl (C=O) groups is 3. The van der Waals surface area contributed by atoms with Gasteiger partial charge in [0.2, 0.25) is 11.8 Å². The smallest absolute Gasteiger partial charge is 0.252 e. The lowest BCUT2D eigenvalue weighted by atomic mass is 9.88. The molecule has 1 saturated heterocycles. The van der Waals surface area contributed by atoms with Crippen LogP contribution in [0.4, 0.5) is 0 Å². The van der Waals surface area contributed by atoms with E-state index in [4.69, 9.17) is 4.74 Å². The molecule has 3 amide bonds. The molecule has 1 aromatic rings. The third-order valence-corrected chi connectivity index (χ3v) is 5.27. The average Bonchev–Trinajstić information content (AvgIpc) is 2.75. The van der Waals surface area contributed by atoms with E-state index in [1.54, 1.807) is 30.3 Å². The number of benzene rings is 1. The number of hydrogen-bond acceptors (Lipinski definition) is 4. The van der Waals surface area contributed by atoms with Crippen LogP contribution in [0.3, 0.4) is 0 Å². The summed E-state index contributed by atoms with van der Waals surface area (Å²) < 4.78 is 5.18. The fourth-order valence-corrected chi connectivity index (χ4v) is 3.63. The Morgan fingerprint density at radius 1 is 1.27 bits per heavy atom. The topological polar surface area (TPSA) is 87.7 Å². The third kappa shape index (κ3) is 6.61. The van der Waals surface area contributed by atoms with Crippen LogP contribution in [0.1, 0.15) is 43.5 Å². The van der Waals surface area contributed by atoms with E-state index in [0.717, 1.165) is 0 Å². The van der Waals surface area contributed by atoms with Crippen molar-refractivity contribution in [1.29, 1.82) is 0 Å². The Kier molecular flexibility index (Phi) is 8.89. The number of rotatable bonds is 9. The zero-order valence-corrected chi connectivity index (χ0v) is 18.1. The lowest BCUT2D eigenvalue weighted by molar-refractivity contribution is -0.133. The minimum Gasteiger partial charge on any atom is -0.497 e. The zero-order chi connectivity index (χ0) is 22.1. The molecule has 1 heterocycles. The number of likely N-dealkylation sites (tertiary alicyclic amines) is 1. The second kappa shape index (κ2) is 11.4. The summed E-state index contributed by atoms with van der Waals surface area (Å²) in [6.45, 7) is 9.19. The van der Waals surface area contributed by atoms with Crippen LogP contribution in [0.25, 0.3) is 0 Å². The van der Waals surface area contributed by atoms with Crippen molar-refractivity contribution in [1.82, 2.24) is 15.5 Å². The van der Waals surface area contributed by atoms with Gasteiger partial charge in [-0.05, 0) is 42.9 Å². The first-order chi connectivity index (χ1) is 14.3. The molecule has 7 nitrogen and oxygen atoms in total. The summed E-state index contributed by atoms with van der Waals surface area (Å²) in [7, 11) is 1.54. The third-order valence-electron chi connectivity index (χ3n) is 5.27. The number of hydrogen-bond donors (Lipinski definition) is 2. The maximum absolute atomic E-state index is 12.8. The molecule has 1 aromatic carbocycles. The van der Waals surface area contributed by atoms with Crippen LogP contribution in [-0.2, 0) is 9.59 Å². The number of nitrogens with one attached hydrogen (secondary N) is 2. The monoisotopic (exact) mass is 415 g/mol. The minimum absolute atomic E-state index is 0.0486. The van der Waals surface area contributed by atoms with Gasteiger partial charge in [-0.3, -0.25) is 14.4 Å². The van der Waals surface area contributed by atoms with Gasteiger partial charge in [-0.2, -0.15) is 0 Å². The first-order valence-corrected chi connectivity index (χ1v) is 10.5. The predicted octanol–water partition coefficient (Wildman–Crippen LogP) is 2.38. The first-order valence-electron chi connectivity index (χ1n) is 10.5. The van der Waals surface area contributed by atoms with Gasteiger partial charge in [0.1, 0.15) is 11.8 Å². The molecule has 1 aliphatic rings. The Hall–Kier alpha value is -2.83. The Morgan fingerprint density at radius 2 is 1.97 bits per heavy atom. The van der Waals surface area contributed by atoms with Crippen LogP contribution in [0.5, 0.6) is 5.75 Å². The van der Waals surface area contributed by atoms with Crippen molar-refractivity contribution in [2.45, 2.75) is 39.2 Å². The Morgan fingerprint density at radius 3 is 2.57 bits per heavy atom. The second-order valence-electron chi connectivity index (χ2n) is 8.03. The van der Waals surface area contributed by atoms with Crippen molar-refractivity contribution >= 4 is 17.7 Å². The molecular formula is C23H33N3O4. The fourth-order valence-electron chi connectivity index (χ4n) is 3.63. The van der Waals surface area contributed by atoms with Gasteiger partial charge in [0, 0.05) is 31.6 Å². The molecule has 0 saturated carbocycles. The lowest BCUT2D eigenvalue weighted by Crippen LogP contribution is -2.53. The highest BCUT2D eigenvalue weighted by molar-refractivity contribution is 5.98. The summed E-state index contributed by atoms with van der Waals surface area (Å²) in [5.74, 6) is 0.426. The zero-order valence-electron chi connectivity index (χ0n) is 18.1. The van der Waals surface area contributed by atoms with E-state index < -0.39 is 6.04 Å². The molecule has 1 atom stereocenters. The summed E-state index contributed by atoms with van der Waals surface area (Å²) in [6.07, 6.45) is 3.45. The number of carbonyl (C=O) groups excluding carboxylic acids is 3. The van der Waals surface area contributed by atoms with Gasteiger partial charge in [0.25, 0.3) is 5.91 Å². The molecule has 164 valence electrons. The normalized spacial score (nSPS) is 15.4. The molecule has 0 unspecified atom stereocenters. The molecule has 30 heavy (non-hydrogen) atoms. The molecule has 0 bridgehead atoms. The molecule has 0 aliphatic carbocycles. The Labute approximate surface area is 178 Å². The van der Waals surface area contributed by atoms with E-state index in [9.17, 15) is 14.4 Å². The second-order valence-corrected chi connectivity index (χ2v) is 8.03. The van der Waals surface area contributed by atoms with Crippen LogP contribution < -0.4 is 15.4 Å². The highest BCUT2D eigenvalue weighted by Gasteiger charge is 2.33. The summed E-state index contributed by atoms with van der Waals surface area (Å²) in [6, 6.07) is 6.14. The summed E-state index contributed by atoms with van der Waals surface area (Å²) in [5, 5.41) is 5.69. The number of piperidine rings is 1. The van der Waals surface area contributed by atoms with E-state index in [1.807, 2.05) is 18.7 Å². The quantitative estimate of drug-likeness (QED) is 0.606. The number of amides is 3. The van der Waals surface area contributed by atoms with Crippen LogP contribution in [0.15, 0.2) is 36.9 Å². The maximum Gasteiger partial charge on any atom is 0.252 e. The molecule has 1 fully saturated rings. The number of ether oxygens (including phenoxy) is 1. The largest absolute Gasteiger partial charge is 0.497 e. The molecule has 7 heteroatoms. The van der Waals surface area contributed by atoms with Gasteiger partial charge in [-0.15, -0.1) is 6.58 Å². The van der Waals surface area contributed by atoms with Crippen molar-refractivity contribution < 1.29 is 19.1 Å². The van der Waals surface area contributed by atoms with Gasteiger partial charge in [-0.1, -0.05) is 26.0 Å². The Bertz CT molecular complexity index is 755. The van der Waals surface area contributed by atoms with Crippen molar-refractivity contribution in [2.75, 3.05) is 26.7 Å². The minimum atomic E-state index is -0.675. The van der Waals surface area contributed by atoms with Gasteiger partial charge in [0.05, 0.1) is 7.11 Å². The molecule has 2 rings (SSSR count). The van der Waals surface area contributed by atoms with Gasteiger partial charge in [0.15, 0.2) is 0 Å². The van der Waals surface area contributed by atoms with E-state index in [-0.39, 0.29) is 23.6 Å². The number of nitrogens with zero attached hydrogens (tertiary/aromatic N) is 1. The number of methoxy groups -OCH3 is 1. The van der Waals surface area contributed by atoms with Crippen LogP contribution in [0.2, 0.25) is 0 Å².